The summed E-state index contributed by atoms with van der Waals surface area (Å²) in [5, 5.41) is 13.3. The van der Waals surface area contributed by atoms with E-state index in [1.54, 1.807) is 42.5 Å². The number of sulfonamides is 1. The van der Waals surface area contributed by atoms with Gasteiger partial charge in [0.1, 0.15) is 17.2 Å². The number of fused-ring (bicyclic) bond motifs is 2. The molecule has 0 bridgehead atoms. The zero-order chi connectivity index (χ0) is 26.6. The van der Waals surface area contributed by atoms with Crippen LogP contribution in [0.1, 0.15) is 37.6 Å². The molecule has 0 aliphatic carbocycles. The number of hydrogen-bond acceptors (Lipinski definition) is 6. The third-order valence-electron chi connectivity index (χ3n) is 6.12. The summed E-state index contributed by atoms with van der Waals surface area (Å²) in [6.07, 6.45) is -3.16. The number of nitrogens with one attached hydrogen (secondary N) is 2. The summed E-state index contributed by atoms with van der Waals surface area (Å²) in [4.78, 5) is 3.82. The van der Waals surface area contributed by atoms with Gasteiger partial charge in [0.25, 0.3) is 10.0 Å². The third-order valence-corrected chi connectivity index (χ3v) is 7.90. The lowest BCUT2D eigenvalue weighted by molar-refractivity contribution is -0.141. The highest BCUT2D eigenvalue weighted by molar-refractivity contribution is 7.92. The number of anilines is 3. The second-order valence-electron chi connectivity index (χ2n) is 9.70. The molecule has 5 rings (SSSR count). The average Bonchev–Trinajstić information content (AvgIpc) is 3.31. The van der Waals surface area contributed by atoms with Crippen LogP contribution in [0.4, 0.5) is 30.4 Å². The smallest absolute Gasteiger partial charge is 0.338 e. The van der Waals surface area contributed by atoms with Crippen molar-refractivity contribution in [2.75, 3.05) is 9.62 Å². The molecule has 8 nitrogen and oxygen atoms in total. The van der Waals surface area contributed by atoms with E-state index in [0.717, 1.165) is 11.6 Å². The number of alkyl halides is 3. The van der Waals surface area contributed by atoms with E-state index in [1.165, 1.54) is 16.6 Å². The first-order chi connectivity index (χ1) is 17.3. The molecule has 0 unspecified atom stereocenters. The minimum absolute atomic E-state index is 0.0570. The third kappa shape index (κ3) is 4.64. The Morgan fingerprint density at radius 2 is 1.70 bits per heavy atom. The normalized spacial score (nSPS) is 13.9. The van der Waals surface area contributed by atoms with Gasteiger partial charge in [0.2, 0.25) is 0 Å². The van der Waals surface area contributed by atoms with Gasteiger partial charge >= 0.3 is 6.18 Å². The van der Waals surface area contributed by atoms with Crippen LogP contribution in [0.15, 0.2) is 65.7 Å². The van der Waals surface area contributed by atoms with Crippen molar-refractivity contribution in [2.45, 2.75) is 43.8 Å². The van der Waals surface area contributed by atoms with Crippen molar-refractivity contribution in [2.24, 2.45) is 0 Å². The SMILES string of the molecule is CC(C)(C)c1ccc(S(=O)(=O)N2Cc3ccc(C(F)(F)F)nc3Nc3ccc(-c4cn[nH]n4)cc32)cc1. The van der Waals surface area contributed by atoms with E-state index in [9.17, 15) is 21.6 Å². The fourth-order valence-corrected chi connectivity index (χ4v) is 5.51. The Labute approximate surface area is 211 Å². The summed E-state index contributed by atoms with van der Waals surface area (Å²) >= 11 is 0. The lowest BCUT2D eigenvalue weighted by atomic mass is 9.87. The zero-order valence-electron chi connectivity index (χ0n) is 20.1. The van der Waals surface area contributed by atoms with E-state index < -0.39 is 21.9 Å². The van der Waals surface area contributed by atoms with Crippen LogP contribution in [-0.4, -0.2) is 28.8 Å². The minimum Gasteiger partial charge on any atom is -0.338 e. The second kappa shape index (κ2) is 8.58. The monoisotopic (exact) mass is 528 g/mol. The number of benzene rings is 2. The molecular formula is C25H23F3N6O2S. The van der Waals surface area contributed by atoms with Crippen LogP contribution in [0.25, 0.3) is 11.3 Å². The van der Waals surface area contributed by atoms with Crippen molar-refractivity contribution >= 4 is 27.2 Å². The van der Waals surface area contributed by atoms with E-state index in [0.29, 0.717) is 16.8 Å². The maximum absolute atomic E-state index is 14.0. The fourth-order valence-electron chi connectivity index (χ4n) is 4.06. The molecule has 0 atom stereocenters. The second-order valence-corrected chi connectivity index (χ2v) is 11.6. The Hall–Kier alpha value is -3.93. The molecule has 1 aliphatic rings. The predicted molar refractivity (Wildman–Crippen MR) is 133 cm³/mol. The molecular weight excluding hydrogens is 505 g/mol. The number of aromatic nitrogens is 4. The number of H-pyrrole nitrogens is 1. The molecule has 0 spiro atoms. The highest BCUT2D eigenvalue weighted by Crippen LogP contribution is 2.41. The van der Waals surface area contributed by atoms with Gasteiger partial charge in [0, 0.05) is 11.1 Å². The molecule has 2 aromatic heterocycles. The van der Waals surface area contributed by atoms with Gasteiger partial charge in [-0.15, -0.1) is 0 Å². The van der Waals surface area contributed by atoms with E-state index in [1.807, 2.05) is 20.8 Å². The molecule has 12 heteroatoms. The van der Waals surface area contributed by atoms with E-state index in [2.05, 4.69) is 25.7 Å². The van der Waals surface area contributed by atoms with E-state index in [4.69, 9.17) is 0 Å². The molecule has 0 radical (unpaired) electrons. The van der Waals surface area contributed by atoms with Crippen molar-refractivity contribution < 1.29 is 21.6 Å². The first kappa shape index (κ1) is 24.8. The Bertz CT molecular complexity index is 1560. The summed E-state index contributed by atoms with van der Waals surface area (Å²) in [5.74, 6) is -0.0639. The van der Waals surface area contributed by atoms with Crippen LogP contribution in [-0.2, 0) is 28.2 Å². The summed E-state index contributed by atoms with van der Waals surface area (Å²) in [6.45, 7) is 5.85. The summed E-state index contributed by atoms with van der Waals surface area (Å²) in [6, 6.07) is 13.6. The largest absolute Gasteiger partial charge is 0.433 e. The zero-order valence-corrected chi connectivity index (χ0v) is 20.9. The molecule has 1 aliphatic heterocycles. The van der Waals surface area contributed by atoms with Gasteiger partial charge in [-0.1, -0.05) is 45.0 Å². The number of halogens is 3. The Morgan fingerprint density at radius 3 is 2.32 bits per heavy atom. The van der Waals surface area contributed by atoms with Crippen LogP contribution >= 0.6 is 0 Å². The first-order valence-corrected chi connectivity index (χ1v) is 12.8. The first-order valence-electron chi connectivity index (χ1n) is 11.3. The van der Waals surface area contributed by atoms with Crippen LogP contribution in [0, 0.1) is 0 Å². The quantitative estimate of drug-likeness (QED) is 0.357. The molecule has 3 heterocycles. The van der Waals surface area contributed by atoms with Gasteiger partial charge in [-0.25, -0.2) is 13.4 Å². The Balaban J connectivity index is 1.67. The number of pyridine rings is 1. The van der Waals surface area contributed by atoms with Gasteiger partial charge < -0.3 is 5.32 Å². The van der Waals surface area contributed by atoms with Gasteiger partial charge in [-0.05, 0) is 41.3 Å². The van der Waals surface area contributed by atoms with Gasteiger partial charge in [-0.3, -0.25) is 4.31 Å². The maximum atomic E-state index is 14.0. The predicted octanol–water partition coefficient (Wildman–Crippen LogP) is 5.64. The van der Waals surface area contributed by atoms with Crippen LogP contribution in [0.3, 0.4) is 0 Å². The van der Waals surface area contributed by atoms with Crippen molar-refractivity contribution in [1.82, 2.24) is 20.4 Å². The topological polar surface area (TPSA) is 104 Å². The van der Waals surface area contributed by atoms with E-state index in [-0.39, 0.29) is 34.0 Å². The van der Waals surface area contributed by atoms with E-state index >= 15 is 0 Å². The Morgan fingerprint density at radius 1 is 0.973 bits per heavy atom. The van der Waals surface area contributed by atoms with Crippen molar-refractivity contribution in [1.29, 1.82) is 0 Å². The molecule has 2 aromatic carbocycles. The number of aromatic amines is 1. The number of hydrogen-bond donors (Lipinski definition) is 2. The van der Waals surface area contributed by atoms with Crippen LogP contribution in [0.5, 0.6) is 0 Å². The molecule has 0 fully saturated rings. The van der Waals surface area contributed by atoms with Crippen molar-refractivity contribution in [3.63, 3.8) is 0 Å². The highest BCUT2D eigenvalue weighted by atomic mass is 32.2. The minimum atomic E-state index is -4.65. The summed E-state index contributed by atoms with van der Waals surface area (Å²) in [5.41, 5.74) is 1.60. The molecule has 192 valence electrons. The summed E-state index contributed by atoms with van der Waals surface area (Å²) in [7, 11) is -4.13. The van der Waals surface area contributed by atoms with Crippen molar-refractivity contribution in [3.8, 4) is 11.3 Å². The Kier molecular flexibility index (Phi) is 5.74. The fraction of sp³-hybridized carbons (Fsp3) is 0.240. The molecule has 4 aromatic rings. The van der Waals surface area contributed by atoms with Crippen LogP contribution in [0.2, 0.25) is 0 Å². The lowest BCUT2D eigenvalue weighted by Crippen LogP contribution is -2.30. The van der Waals surface area contributed by atoms with Crippen LogP contribution < -0.4 is 9.62 Å². The molecule has 0 saturated carbocycles. The van der Waals surface area contributed by atoms with Gasteiger partial charge in [0.05, 0.1) is 29.0 Å². The number of rotatable bonds is 3. The maximum Gasteiger partial charge on any atom is 0.433 e. The van der Waals surface area contributed by atoms with Crippen molar-refractivity contribution in [3.05, 3.63) is 77.6 Å². The molecule has 37 heavy (non-hydrogen) atoms. The molecule has 0 amide bonds. The highest BCUT2D eigenvalue weighted by Gasteiger charge is 2.35. The average molecular weight is 529 g/mol. The molecule has 2 N–H and O–H groups in total. The molecule has 0 saturated heterocycles. The van der Waals surface area contributed by atoms with Gasteiger partial charge in [0.15, 0.2) is 0 Å². The standard InChI is InChI=1S/C25H23F3N6O2S/c1-24(2,3)17-6-8-18(9-7-17)37(35,36)34-14-16-5-11-22(25(26,27)28)31-23(16)30-19-10-4-15(12-21(19)34)20-13-29-33-32-20/h4-13H,14H2,1-3H3,(H,30,31)(H,29,32,33). The summed E-state index contributed by atoms with van der Waals surface area (Å²) < 4.78 is 69.2. The lowest BCUT2D eigenvalue weighted by Gasteiger charge is -2.25. The van der Waals surface area contributed by atoms with Gasteiger partial charge in [-0.2, -0.15) is 28.6 Å². The number of nitrogens with zero attached hydrogens (tertiary/aromatic N) is 4.